The van der Waals surface area contributed by atoms with Crippen LogP contribution in [0.25, 0.3) is 22.5 Å². The van der Waals surface area contributed by atoms with E-state index in [2.05, 4.69) is 10.4 Å². The summed E-state index contributed by atoms with van der Waals surface area (Å²) < 4.78 is 41.8. The molecule has 0 saturated carbocycles. The smallest absolute Gasteiger partial charge is 0.416 e. The maximum atomic E-state index is 13.4. The number of amides is 1. The summed E-state index contributed by atoms with van der Waals surface area (Å²) >= 11 is 12.3. The quantitative estimate of drug-likeness (QED) is 0.248. The average molecular weight is 562 g/mol. The van der Waals surface area contributed by atoms with Crippen molar-refractivity contribution in [3.05, 3.63) is 99.5 Å². The van der Waals surface area contributed by atoms with Crippen LogP contribution in [0.3, 0.4) is 0 Å². The standard InChI is InChI=1S/C27H20Cl2F3N3O3/c28-21-11-19(12-22(29)13-21)23-14-24(18-2-1-3-20(10-18)27(30,31)32)35(34-23)15-16-4-6-17(7-5-16)26(38)33-9-8-25(36)37/h1-7,10-14H,8-9,15H2,(H,33,38)(H,36,37). The lowest BCUT2D eigenvalue weighted by atomic mass is 10.1. The zero-order chi connectivity index (χ0) is 27.4. The van der Waals surface area contributed by atoms with Gasteiger partial charge in [0, 0.05) is 33.3 Å². The third kappa shape index (κ3) is 6.73. The van der Waals surface area contributed by atoms with E-state index >= 15 is 0 Å². The van der Waals surface area contributed by atoms with E-state index < -0.39 is 23.6 Å². The summed E-state index contributed by atoms with van der Waals surface area (Å²) in [5.74, 6) is -1.43. The summed E-state index contributed by atoms with van der Waals surface area (Å²) in [4.78, 5) is 22.9. The Bertz CT molecular complexity index is 1460. The van der Waals surface area contributed by atoms with E-state index in [1.54, 1.807) is 59.3 Å². The van der Waals surface area contributed by atoms with Gasteiger partial charge >= 0.3 is 12.1 Å². The first-order chi connectivity index (χ1) is 18.0. The van der Waals surface area contributed by atoms with E-state index in [4.69, 9.17) is 28.3 Å². The summed E-state index contributed by atoms with van der Waals surface area (Å²) in [7, 11) is 0. The molecule has 0 atom stereocenters. The highest BCUT2D eigenvalue weighted by Gasteiger charge is 2.30. The predicted molar refractivity (Wildman–Crippen MR) is 138 cm³/mol. The molecule has 4 rings (SSSR count). The number of hydrogen-bond donors (Lipinski definition) is 2. The van der Waals surface area contributed by atoms with Gasteiger partial charge in [0.2, 0.25) is 0 Å². The van der Waals surface area contributed by atoms with Gasteiger partial charge in [-0.15, -0.1) is 0 Å². The summed E-state index contributed by atoms with van der Waals surface area (Å²) in [6.07, 6.45) is -4.70. The van der Waals surface area contributed by atoms with Crippen LogP contribution in [0.1, 0.15) is 27.9 Å². The summed E-state index contributed by atoms with van der Waals surface area (Å²) in [6.45, 7) is 0.195. The van der Waals surface area contributed by atoms with E-state index in [1.165, 1.54) is 6.07 Å². The van der Waals surface area contributed by atoms with Crippen molar-refractivity contribution in [3.63, 3.8) is 0 Å². The highest BCUT2D eigenvalue weighted by Crippen LogP contribution is 2.34. The van der Waals surface area contributed by atoms with Gasteiger partial charge in [0.25, 0.3) is 5.91 Å². The first-order valence-corrected chi connectivity index (χ1v) is 12.1. The molecule has 6 nitrogen and oxygen atoms in total. The lowest BCUT2D eigenvalue weighted by Gasteiger charge is -2.11. The van der Waals surface area contributed by atoms with Gasteiger partial charge in [0.15, 0.2) is 0 Å². The molecular weight excluding hydrogens is 542 g/mol. The van der Waals surface area contributed by atoms with Crippen LogP contribution in [0.2, 0.25) is 10.0 Å². The van der Waals surface area contributed by atoms with Crippen molar-refractivity contribution in [3.8, 4) is 22.5 Å². The van der Waals surface area contributed by atoms with Crippen molar-refractivity contribution >= 4 is 35.1 Å². The van der Waals surface area contributed by atoms with E-state index in [0.29, 0.717) is 38.1 Å². The Labute approximate surface area is 225 Å². The molecule has 0 aliphatic rings. The topological polar surface area (TPSA) is 84.2 Å². The fourth-order valence-electron chi connectivity index (χ4n) is 3.79. The van der Waals surface area contributed by atoms with Crippen molar-refractivity contribution in [2.24, 2.45) is 0 Å². The molecule has 1 aromatic heterocycles. The number of nitrogens with one attached hydrogen (secondary N) is 1. The number of carboxylic acids is 1. The molecule has 1 heterocycles. The van der Waals surface area contributed by atoms with Gasteiger partial charge < -0.3 is 10.4 Å². The van der Waals surface area contributed by atoms with Gasteiger partial charge in [-0.25, -0.2) is 0 Å². The number of carbonyl (C=O) groups is 2. The first kappa shape index (κ1) is 27.2. The zero-order valence-electron chi connectivity index (χ0n) is 19.6. The molecule has 0 fully saturated rings. The highest BCUT2D eigenvalue weighted by molar-refractivity contribution is 6.35. The Morgan fingerprint density at radius 2 is 1.61 bits per heavy atom. The van der Waals surface area contributed by atoms with Crippen LogP contribution in [0.4, 0.5) is 13.2 Å². The number of aliphatic carboxylic acids is 1. The third-order valence-corrected chi connectivity index (χ3v) is 6.03. The Hall–Kier alpha value is -3.82. The number of nitrogens with zero attached hydrogens (tertiary/aromatic N) is 2. The fraction of sp³-hybridized carbons (Fsp3) is 0.148. The van der Waals surface area contributed by atoms with Crippen molar-refractivity contribution in [1.82, 2.24) is 15.1 Å². The number of alkyl halides is 3. The van der Waals surface area contributed by atoms with Gasteiger partial charge in [0.05, 0.1) is 29.9 Å². The zero-order valence-corrected chi connectivity index (χ0v) is 21.1. The number of aromatic nitrogens is 2. The monoisotopic (exact) mass is 561 g/mol. The SMILES string of the molecule is O=C(O)CCNC(=O)c1ccc(Cn2nc(-c3cc(Cl)cc(Cl)c3)cc2-c2cccc(C(F)(F)F)c2)cc1. The molecule has 0 unspecified atom stereocenters. The minimum atomic E-state index is -4.51. The maximum absolute atomic E-state index is 13.4. The Morgan fingerprint density at radius 3 is 2.24 bits per heavy atom. The molecule has 2 N–H and O–H groups in total. The van der Waals surface area contributed by atoms with Gasteiger partial charge in [-0.3, -0.25) is 14.3 Å². The van der Waals surface area contributed by atoms with Crippen LogP contribution in [0.15, 0.2) is 72.8 Å². The Kier molecular flexibility index (Phi) is 8.08. The normalized spacial score (nSPS) is 11.4. The molecule has 3 aromatic carbocycles. The molecule has 0 aliphatic carbocycles. The van der Waals surface area contributed by atoms with E-state index in [9.17, 15) is 22.8 Å². The lowest BCUT2D eigenvalue weighted by molar-refractivity contribution is -0.138. The van der Waals surface area contributed by atoms with E-state index in [1.807, 2.05) is 0 Å². The molecule has 0 spiro atoms. The van der Waals surface area contributed by atoms with Crippen LogP contribution in [0, 0.1) is 0 Å². The second kappa shape index (κ2) is 11.3. The molecule has 0 saturated heterocycles. The molecule has 0 bridgehead atoms. The van der Waals surface area contributed by atoms with Crippen LogP contribution in [-0.2, 0) is 17.5 Å². The van der Waals surface area contributed by atoms with Gasteiger partial charge in [-0.2, -0.15) is 18.3 Å². The second-order valence-corrected chi connectivity index (χ2v) is 9.28. The van der Waals surface area contributed by atoms with Gasteiger partial charge in [-0.1, -0.05) is 47.5 Å². The maximum Gasteiger partial charge on any atom is 0.416 e. The van der Waals surface area contributed by atoms with Crippen LogP contribution in [0.5, 0.6) is 0 Å². The number of halogens is 5. The number of benzene rings is 3. The largest absolute Gasteiger partial charge is 0.481 e. The van der Waals surface area contributed by atoms with Crippen LogP contribution in [-0.4, -0.2) is 33.3 Å². The van der Waals surface area contributed by atoms with Crippen LogP contribution < -0.4 is 5.32 Å². The third-order valence-electron chi connectivity index (χ3n) is 5.60. The van der Waals surface area contributed by atoms with Crippen molar-refractivity contribution in [1.29, 1.82) is 0 Å². The molecule has 1 amide bonds. The van der Waals surface area contributed by atoms with Crippen molar-refractivity contribution in [2.75, 3.05) is 6.54 Å². The van der Waals surface area contributed by atoms with Gasteiger partial charge in [-0.05, 0) is 54.1 Å². The number of carboxylic acid groups (broad SMARTS) is 1. The molecule has 11 heteroatoms. The summed E-state index contributed by atoms with van der Waals surface area (Å²) in [5, 5.41) is 16.6. The number of rotatable bonds is 8. The Morgan fingerprint density at radius 1 is 0.921 bits per heavy atom. The number of carbonyl (C=O) groups excluding carboxylic acids is 1. The van der Waals surface area contributed by atoms with Crippen LogP contribution >= 0.6 is 23.2 Å². The Balaban J connectivity index is 1.67. The summed E-state index contributed by atoms with van der Waals surface area (Å²) in [6, 6.07) is 18.1. The number of hydrogen-bond acceptors (Lipinski definition) is 3. The second-order valence-electron chi connectivity index (χ2n) is 8.41. The van der Waals surface area contributed by atoms with Gasteiger partial charge in [0.1, 0.15) is 0 Å². The van der Waals surface area contributed by atoms with Crippen molar-refractivity contribution < 1.29 is 27.9 Å². The first-order valence-electron chi connectivity index (χ1n) is 11.3. The fourth-order valence-corrected chi connectivity index (χ4v) is 4.31. The van der Waals surface area contributed by atoms with E-state index in [-0.39, 0.29) is 19.5 Å². The molecule has 196 valence electrons. The molecule has 0 aliphatic heterocycles. The minimum Gasteiger partial charge on any atom is -0.481 e. The van der Waals surface area contributed by atoms with Crippen molar-refractivity contribution in [2.45, 2.75) is 19.1 Å². The minimum absolute atomic E-state index is 0.000148. The molecule has 38 heavy (non-hydrogen) atoms. The summed E-state index contributed by atoms with van der Waals surface area (Å²) in [5.41, 5.74) is 2.12. The lowest BCUT2D eigenvalue weighted by Crippen LogP contribution is -2.25. The molecule has 4 aromatic rings. The van der Waals surface area contributed by atoms with E-state index in [0.717, 1.165) is 17.7 Å². The predicted octanol–water partition coefficient (Wildman–Crippen LogP) is 6.80. The average Bonchev–Trinajstić information content (AvgIpc) is 3.27. The highest BCUT2D eigenvalue weighted by atomic mass is 35.5. The molecular formula is C27H20Cl2F3N3O3. The molecule has 0 radical (unpaired) electrons.